The predicted molar refractivity (Wildman–Crippen MR) is 127 cm³/mol. The maximum Gasteiger partial charge on any atom is 0.254 e. The molecule has 0 radical (unpaired) electrons. The Morgan fingerprint density at radius 2 is 1.82 bits per heavy atom. The van der Waals surface area contributed by atoms with E-state index < -0.39 is 10.0 Å². The van der Waals surface area contributed by atoms with E-state index in [-0.39, 0.29) is 16.8 Å². The number of fused-ring (bicyclic) bond motifs is 1. The normalized spacial score (nSPS) is 24.4. The molecule has 3 heterocycles. The van der Waals surface area contributed by atoms with Gasteiger partial charge in [0, 0.05) is 25.2 Å². The summed E-state index contributed by atoms with van der Waals surface area (Å²) < 4.78 is 28.3. The Morgan fingerprint density at radius 3 is 2.58 bits per heavy atom. The van der Waals surface area contributed by atoms with Crippen LogP contribution in [0.15, 0.2) is 53.4 Å². The second kappa shape index (κ2) is 8.57. The number of likely N-dealkylation sites (tertiary alicyclic amines) is 1. The molecule has 3 atom stereocenters. The van der Waals surface area contributed by atoms with Crippen LogP contribution < -0.4 is 0 Å². The Kier molecular flexibility index (Phi) is 5.74. The van der Waals surface area contributed by atoms with Crippen LogP contribution in [0.3, 0.4) is 0 Å². The SMILES string of the molecule is C[C@@H]1C[C@@H](C)CN(S(=O)(=O)c2cccc(C(=O)N3CCC[C@H]3c3nc4ccccc4[nH]3)c2)C1. The van der Waals surface area contributed by atoms with Gasteiger partial charge in [-0.1, -0.05) is 32.0 Å². The van der Waals surface area contributed by atoms with Gasteiger partial charge in [0.2, 0.25) is 10.0 Å². The Hall–Kier alpha value is -2.71. The highest BCUT2D eigenvalue weighted by atomic mass is 32.2. The number of nitrogens with one attached hydrogen (secondary N) is 1. The van der Waals surface area contributed by atoms with Crippen molar-refractivity contribution in [3.05, 3.63) is 59.9 Å². The molecule has 0 aliphatic carbocycles. The molecule has 2 aliphatic heterocycles. The largest absolute Gasteiger partial charge is 0.340 e. The molecule has 5 rings (SSSR count). The molecule has 3 aromatic rings. The molecule has 2 aromatic carbocycles. The first-order valence-corrected chi connectivity index (χ1v) is 13.1. The van der Waals surface area contributed by atoms with Crippen molar-refractivity contribution >= 4 is 27.0 Å². The molecule has 0 saturated carbocycles. The molecule has 174 valence electrons. The number of carbonyl (C=O) groups is 1. The molecule has 0 bridgehead atoms. The fourth-order valence-corrected chi connectivity index (χ4v) is 7.06. The zero-order valence-corrected chi connectivity index (χ0v) is 19.9. The summed E-state index contributed by atoms with van der Waals surface area (Å²) in [4.78, 5) is 23.5. The van der Waals surface area contributed by atoms with Crippen molar-refractivity contribution in [2.24, 2.45) is 11.8 Å². The van der Waals surface area contributed by atoms with Crippen molar-refractivity contribution in [1.82, 2.24) is 19.2 Å². The lowest BCUT2D eigenvalue weighted by molar-refractivity contribution is 0.0730. The number of hydrogen-bond acceptors (Lipinski definition) is 4. The van der Waals surface area contributed by atoms with Crippen molar-refractivity contribution in [2.75, 3.05) is 19.6 Å². The molecule has 8 heteroatoms. The van der Waals surface area contributed by atoms with Crippen molar-refractivity contribution in [3.8, 4) is 0 Å². The van der Waals surface area contributed by atoms with E-state index in [9.17, 15) is 13.2 Å². The highest BCUT2D eigenvalue weighted by Gasteiger charge is 2.35. The van der Waals surface area contributed by atoms with Crippen LogP contribution in [0.5, 0.6) is 0 Å². The molecule has 2 fully saturated rings. The molecule has 1 N–H and O–H groups in total. The van der Waals surface area contributed by atoms with Crippen LogP contribution in [0, 0.1) is 11.8 Å². The van der Waals surface area contributed by atoms with E-state index in [1.54, 1.807) is 22.5 Å². The topological polar surface area (TPSA) is 86.4 Å². The maximum atomic E-state index is 13.5. The van der Waals surface area contributed by atoms with E-state index in [0.717, 1.165) is 36.1 Å². The number of H-pyrrole nitrogens is 1. The highest BCUT2D eigenvalue weighted by Crippen LogP contribution is 2.33. The van der Waals surface area contributed by atoms with Gasteiger partial charge in [0.15, 0.2) is 0 Å². The molecular weight excluding hydrogens is 436 g/mol. The number of imidazole rings is 1. The number of rotatable bonds is 4. The Bertz CT molecular complexity index is 1240. The van der Waals surface area contributed by atoms with E-state index >= 15 is 0 Å². The quantitative estimate of drug-likeness (QED) is 0.624. The van der Waals surface area contributed by atoms with Crippen molar-refractivity contribution in [1.29, 1.82) is 0 Å². The minimum atomic E-state index is -3.65. The second-order valence-electron chi connectivity index (χ2n) is 9.59. The first-order chi connectivity index (χ1) is 15.8. The number of aromatic nitrogens is 2. The van der Waals surface area contributed by atoms with Crippen LogP contribution in [-0.2, 0) is 10.0 Å². The highest BCUT2D eigenvalue weighted by molar-refractivity contribution is 7.89. The fourth-order valence-electron chi connectivity index (χ4n) is 5.33. The molecule has 33 heavy (non-hydrogen) atoms. The summed E-state index contributed by atoms with van der Waals surface area (Å²) in [7, 11) is -3.65. The number of piperidine rings is 1. The average molecular weight is 467 g/mol. The molecule has 2 aliphatic rings. The van der Waals surface area contributed by atoms with Crippen LogP contribution in [-0.4, -0.2) is 53.1 Å². The van der Waals surface area contributed by atoms with Gasteiger partial charge in [-0.2, -0.15) is 4.31 Å². The number of nitrogens with zero attached hydrogens (tertiary/aromatic N) is 3. The Morgan fingerprint density at radius 1 is 1.06 bits per heavy atom. The van der Waals surface area contributed by atoms with Gasteiger partial charge >= 0.3 is 0 Å². The van der Waals surface area contributed by atoms with E-state index in [4.69, 9.17) is 4.98 Å². The summed E-state index contributed by atoms with van der Waals surface area (Å²) >= 11 is 0. The third-order valence-corrected chi connectivity index (χ3v) is 8.62. The van der Waals surface area contributed by atoms with Crippen LogP contribution in [0.25, 0.3) is 11.0 Å². The molecular formula is C25H30N4O3S. The molecule has 1 aromatic heterocycles. The fraction of sp³-hybridized carbons (Fsp3) is 0.440. The molecule has 0 unspecified atom stereocenters. The third-order valence-electron chi connectivity index (χ3n) is 6.79. The summed E-state index contributed by atoms with van der Waals surface area (Å²) in [6.07, 6.45) is 2.74. The lowest BCUT2D eigenvalue weighted by Gasteiger charge is -2.34. The summed E-state index contributed by atoms with van der Waals surface area (Å²) in [6.45, 7) is 5.84. The third kappa shape index (κ3) is 4.17. The van der Waals surface area contributed by atoms with E-state index in [1.807, 2.05) is 29.2 Å². The summed E-state index contributed by atoms with van der Waals surface area (Å²) in [5.74, 6) is 1.27. The molecule has 1 amide bonds. The number of para-hydroxylation sites is 2. The molecule has 2 saturated heterocycles. The van der Waals surface area contributed by atoms with Gasteiger partial charge in [0.1, 0.15) is 5.82 Å². The second-order valence-corrected chi connectivity index (χ2v) is 11.5. The first kappa shape index (κ1) is 22.1. The average Bonchev–Trinajstić information content (AvgIpc) is 3.45. The standard InChI is InChI=1S/C25H30N4O3S/c1-17-13-18(2)16-28(15-17)33(31,32)20-8-5-7-19(14-20)25(30)29-12-6-11-23(29)24-26-21-9-3-4-10-22(21)27-24/h3-5,7-10,14,17-18,23H,6,11-13,15-16H2,1-2H3,(H,26,27)/t17-,18-,23+/m1/s1. The summed E-state index contributed by atoms with van der Waals surface area (Å²) in [5, 5.41) is 0. The lowest BCUT2D eigenvalue weighted by Crippen LogP contribution is -2.42. The van der Waals surface area contributed by atoms with Crippen molar-refractivity contribution < 1.29 is 13.2 Å². The smallest absolute Gasteiger partial charge is 0.254 e. The van der Waals surface area contributed by atoms with Crippen molar-refractivity contribution in [3.63, 3.8) is 0 Å². The number of sulfonamides is 1. The van der Waals surface area contributed by atoms with Crippen LogP contribution in [0.1, 0.15) is 55.3 Å². The van der Waals surface area contributed by atoms with Gasteiger partial charge in [-0.25, -0.2) is 13.4 Å². The number of amides is 1. The number of aromatic amines is 1. The first-order valence-electron chi connectivity index (χ1n) is 11.7. The maximum absolute atomic E-state index is 13.5. The monoisotopic (exact) mass is 466 g/mol. The number of benzene rings is 2. The zero-order valence-electron chi connectivity index (χ0n) is 19.1. The van der Waals surface area contributed by atoms with E-state index in [2.05, 4.69) is 18.8 Å². The van der Waals surface area contributed by atoms with E-state index in [1.165, 1.54) is 6.07 Å². The minimum absolute atomic E-state index is 0.144. The molecule has 7 nitrogen and oxygen atoms in total. The molecule has 0 spiro atoms. The van der Waals surface area contributed by atoms with Gasteiger partial charge in [0.05, 0.1) is 22.0 Å². The summed E-state index contributed by atoms with van der Waals surface area (Å²) in [6, 6.07) is 14.2. The van der Waals surface area contributed by atoms with E-state index in [0.29, 0.717) is 37.0 Å². The Labute approximate surface area is 194 Å². The minimum Gasteiger partial charge on any atom is -0.340 e. The number of carbonyl (C=O) groups excluding carboxylic acids is 1. The van der Waals surface area contributed by atoms with Gasteiger partial charge < -0.3 is 9.88 Å². The van der Waals surface area contributed by atoms with Gasteiger partial charge in [0.25, 0.3) is 5.91 Å². The van der Waals surface area contributed by atoms with Gasteiger partial charge in [-0.15, -0.1) is 0 Å². The Balaban J connectivity index is 1.41. The predicted octanol–water partition coefficient (Wildman–Crippen LogP) is 4.21. The van der Waals surface area contributed by atoms with Crippen molar-refractivity contribution in [2.45, 2.75) is 44.0 Å². The van der Waals surface area contributed by atoms with Crippen LogP contribution in [0.4, 0.5) is 0 Å². The van der Waals surface area contributed by atoms with Crippen LogP contribution >= 0.6 is 0 Å². The number of hydrogen-bond donors (Lipinski definition) is 1. The van der Waals surface area contributed by atoms with Gasteiger partial charge in [-0.3, -0.25) is 4.79 Å². The summed E-state index contributed by atoms with van der Waals surface area (Å²) in [5.41, 5.74) is 2.23. The zero-order chi connectivity index (χ0) is 23.2. The lowest BCUT2D eigenvalue weighted by atomic mass is 9.94. The van der Waals surface area contributed by atoms with Gasteiger partial charge in [-0.05, 0) is 61.4 Å². The van der Waals surface area contributed by atoms with Crippen LogP contribution in [0.2, 0.25) is 0 Å².